The molecule has 0 amide bonds. The van der Waals surface area contributed by atoms with Crippen molar-refractivity contribution >= 4 is 0 Å². The number of alkyl halides is 3. The zero-order valence-electron chi connectivity index (χ0n) is 10.9. The molecule has 0 radical (unpaired) electrons. The summed E-state index contributed by atoms with van der Waals surface area (Å²) >= 11 is 0. The topological polar surface area (TPSA) is 49.1 Å². The summed E-state index contributed by atoms with van der Waals surface area (Å²) < 4.78 is 43.4. The molecule has 20 heavy (non-hydrogen) atoms. The highest BCUT2D eigenvalue weighted by Gasteiger charge is 2.33. The zero-order valence-corrected chi connectivity index (χ0v) is 10.9. The van der Waals surface area contributed by atoms with E-state index in [0.717, 1.165) is 25.2 Å². The average molecular weight is 285 g/mol. The summed E-state index contributed by atoms with van der Waals surface area (Å²) in [6, 6.07) is 3.70. The van der Waals surface area contributed by atoms with Gasteiger partial charge < -0.3 is 9.64 Å². The standard InChI is InChI=1S/C13H14F3N3O/c1-19-6-4-10(5-7-19)20-12-9(8-17)2-3-11(18-12)13(14,15)16/h2-3,10H,4-7H2,1H3. The predicted molar refractivity (Wildman–Crippen MR) is 65.1 cm³/mol. The van der Waals surface area contributed by atoms with Crippen molar-refractivity contribution in [2.24, 2.45) is 0 Å². The lowest BCUT2D eigenvalue weighted by Crippen LogP contribution is -2.36. The molecule has 4 nitrogen and oxygen atoms in total. The number of pyridine rings is 1. The number of hydrogen-bond acceptors (Lipinski definition) is 4. The molecule has 2 heterocycles. The maximum atomic E-state index is 12.6. The van der Waals surface area contributed by atoms with Crippen LogP contribution in [0.3, 0.4) is 0 Å². The Bertz CT molecular complexity index is 517. The predicted octanol–water partition coefficient (Wildman–Crippen LogP) is 2.45. The third-order valence-electron chi connectivity index (χ3n) is 3.22. The van der Waals surface area contributed by atoms with Crippen molar-refractivity contribution in [1.82, 2.24) is 9.88 Å². The van der Waals surface area contributed by atoms with Crippen LogP contribution in [0, 0.1) is 11.3 Å². The van der Waals surface area contributed by atoms with Gasteiger partial charge in [0.25, 0.3) is 0 Å². The molecule has 0 atom stereocenters. The fourth-order valence-electron chi connectivity index (χ4n) is 2.03. The number of rotatable bonds is 2. The third kappa shape index (κ3) is 3.39. The van der Waals surface area contributed by atoms with Gasteiger partial charge in [0.15, 0.2) is 0 Å². The molecule has 1 aromatic rings. The Kier molecular flexibility index (Phi) is 4.14. The quantitative estimate of drug-likeness (QED) is 0.837. The van der Waals surface area contributed by atoms with Crippen molar-refractivity contribution in [2.75, 3.05) is 20.1 Å². The molecule has 108 valence electrons. The average Bonchev–Trinajstić information content (AvgIpc) is 2.40. The molecule has 0 spiro atoms. The second-order valence-electron chi connectivity index (χ2n) is 4.78. The highest BCUT2D eigenvalue weighted by Crippen LogP contribution is 2.30. The van der Waals surface area contributed by atoms with Crippen LogP contribution in [0.1, 0.15) is 24.1 Å². The van der Waals surface area contributed by atoms with Gasteiger partial charge in [0, 0.05) is 13.1 Å². The highest BCUT2D eigenvalue weighted by atomic mass is 19.4. The van der Waals surface area contributed by atoms with Crippen LogP contribution in [0.2, 0.25) is 0 Å². The number of nitriles is 1. The molecular weight excluding hydrogens is 271 g/mol. The van der Waals surface area contributed by atoms with Crippen LogP contribution >= 0.6 is 0 Å². The molecule has 0 aliphatic carbocycles. The van der Waals surface area contributed by atoms with Crippen molar-refractivity contribution in [3.8, 4) is 11.9 Å². The maximum absolute atomic E-state index is 12.6. The van der Waals surface area contributed by atoms with E-state index >= 15 is 0 Å². The van der Waals surface area contributed by atoms with Gasteiger partial charge in [-0.2, -0.15) is 18.4 Å². The molecule has 1 fully saturated rings. The van der Waals surface area contributed by atoms with Gasteiger partial charge in [-0.25, -0.2) is 4.98 Å². The fourth-order valence-corrected chi connectivity index (χ4v) is 2.03. The lowest BCUT2D eigenvalue weighted by atomic mass is 10.1. The maximum Gasteiger partial charge on any atom is 0.433 e. The van der Waals surface area contributed by atoms with E-state index in [4.69, 9.17) is 10.00 Å². The van der Waals surface area contributed by atoms with Crippen LogP contribution in [0.5, 0.6) is 5.88 Å². The van der Waals surface area contributed by atoms with Crippen LogP contribution in [0.4, 0.5) is 13.2 Å². The minimum absolute atomic E-state index is 0.0249. The molecule has 0 unspecified atom stereocenters. The molecule has 2 rings (SSSR count). The van der Waals surface area contributed by atoms with Gasteiger partial charge in [0.05, 0.1) is 0 Å². The smallest absolute Gasteiger partial charge is 0.433 e. The molecule has 1 saturated heterocycles. The molecule has 1 aliphatic heterocycles. The van der Waals surface area contributed by atoms with E-state index in [0.29, 0.717) is 12.8 Å². The lowest BCUT2D eigenvalue weighted by Gasteiger charge is -2.29. The first-order chi connectivity index (χ1) is 9.40. The van der Waals surface area contributed by atoms with Crippen molar-refractivity contribution in [2.45, 2.75) is 25.1 Å². The first-order valence-corrected chi connectivity index (χ1v) is 6.23. The van der Waals surface area contributed by atoms with Crippen LogP contribution < -0.4 is 4.74 Å². The molecule has 0 N–H and O–H groups in total. The Morgan fingerprint density at radius 3 is 2.55 bits per heavy atom. The Hall–Kier alpha value is -1.81. The van der Waals surface area contributed by atoms with E-state index in [1.165, 1.54) is 0 Å². The number of ether oxygens (including phenoxy) is 1. The number of aromatic nitrogens is 1. The SMILES string of the molecule is CN1CCC(Oc2nc(C(F)(F)F)ccc2C#N)CC1. The van der Waals surface area contributed by atoms with Crippen LogP contribution in [0.25, 0.3) is 0 Å². The Morgan fingerprint density at radius 2 is 2.00 bits per heavy atom. The molecule has 0 saturated carbocycles. The zero-order chi connectivity index (χ0) is 14.8. The number of likely N-dealkylation sites (tertiary alicyclic amines) is 1. The van der Waals surface area contributed by atoms with Crippen molar-refractivity contribution in [1.29, 1.82) is 5.26 Å². The van der Waals surface area contributed by atoms with Gasteiger partial charge in [-0.3, -0.25) is 0 Å². The third-order valence-corrected chi connectivity index (χ3v) is 3.22. The van der Waals surface area contributed by atoms with Gasteiger partial charge >= 0.3 is 6.18 Å². The fraction of sp³-hybridized carbons (Fsp3) is 0.538. The Labute approximate surface area is 114 Å². The second kappa shape index (κ2) is 5.67. The second-order valence-corrected chi connectivity index (χ2v) is 4.78. The van der Waals surface area contributed by atoms with Gasteiger partial charge in [-0.05, 0) is 32.0 Å². The summed E-state index contributed by atoms with van der Waals surface area (Å²) in [5.41, 5.74) is -1.02. The van der Waals surface area contributed by atoms with Gasteiger partial charge in [-0.1, -0.05) is 0 Å². The number of halogens is 3. The highest BCUT2D eigenvalue weighted by molar-refractivity contribution is 5.39. The van der Waals surface area contributed by atoms with Crippen molar-refractivity contribution in [3.05, 3.63) is 23.4 Å². The van der Waals surface area contributed by atoms with Gasteiger partial charge in [-0.15, -0.1) is 0 Å². The minimum Gasteiger partial charge on any atom is -0.473 e. The lowest BCUT2D eigenvalue weighted by molar-refractivity contribution is -0.141. The number of piperidine rings is 1. The van der Waals surface area contributed by atoms with Gasteiger partial charge in [0.2, 0.25) is 5.88 Å². The summed E-state index contributed by atoms with van der Waals surface area (Å²) in [7, 11) is 1.97. The molecule has 0 aromatic carbocycles. The minimum atomic E-state index is -4.54. The summed E-state index contributed by atoms with van der Waals surface area (Å²) in [5, 5.41) is 8.92. The monoisotopic (exact) mass is 285 g/mol. The molecule has 7 heteroatoms. The molecule has 1 aromatic heterocycles. The Balaban J connectivity index is 2.19. The van der Waals surface area contributed by atoms with E-state index < -0.39 is 11.9 Å². The first kappa shape index (κ1) is 14.6. The van der Waals surface area contributed by atoms with E-state index in [1.54, 1.807) is 0 Å². The van der Waals surface area contributed by atoms with Gasteiger partial charge in [0.1, 0.15) is 23.4 Å². The molecule has 1 aliphatic rings. The van der Waals surface area contributed by atoms with E-state index in [-0.39, 0.29) is 17.5 Å². The van der Waals surface area contributed by atoms with Crippen LogP contribution in [-0.4, -0.2) is 36.1 Å². The van der Waals surface area contributed by atoms with E-state index in [9.17, 15) is 13.2 Å². The largest absolute Gasteiger partial charge is 0.473 e. The van der Waals surface area contributed by atoms with Crippen LogP contribution in [-0.2, 0) is 6.18 Å². The number of nitrogens with zero attached hydrogens (tertiary/aromatic N) is 3. The summed E-state index contributed by atoms with van der Waals surface area (Å²) in [6.07, 6.45) is -3.33. The van der Waals surface area contributed by atoms with Crippen molar-refractivity contribution in [3.63, 3.8) is 0 Å². The summed E-state index contributed by atoms with van der Waals surface area (Å²) in [6.45, 7) is 1.62. The Morgan fingerprint density at radius 1 is 1.35 bits per heavy atom. The first-order valence-electron chi connectivity index (χ1n) is 6.23. The van der Waals surface area contributed by atoms with E-state index in [1.807, 2.05) is 13.1 Å². The molecular formula is C13H14F3N3O. The van der Waals surface area contributed by atoms with Crippen LogP contribution in [0.15, 0.2) is 12.1 Å². The van der Waals surface area contributed by atoms with Crippen molar-refractivity contribution < 1.29 is 17.9 Å². The molecule has 0 bridgehead atoms. The number of hydrogen-bond donors (Lipinski definition) is 0. The normalized spacial score (nSPS) is 17.8. The van der Waals surface area contributed by atoms with E-state index in [2.05, 4.69) is 9.88 Å². The summed E-state index contributed by atoms with van der Waals surface area (Å²) in [4.78, 5) is 5.56. The summed E-state index contributed by atoms with van der Waals surface area (Å²) in [5.74, 6) is -0.225.